The molecule has 0 bridgehead atoms. The molecule has 1 unspecified atom stereocenters. The SMILES string of the molecule is O=C1C=C(Nc2ccccc2I)CC(COCc2ccccc2)C1. The minimum absolute atomic E-state index is 0.169. The van der Waals surface area contributed by atoms with E-state index < -0.39 is 0 Å². The van der Waals surface area contributed by atoms with Crippen LogP contribution in [0.1, 0.15) is 18.4 Å². The maximum atomic E-state index is 12.0. The molecule has 0 radical (unpaired) electrons. The summed E-state index contributed by atoms with van der Waals surface area (Å²) in [5.74, 6) is 0.401. The molecule has 4 heteroatoms. The predicted octanol–water partition coefficient (Wildman–Crippen LogP) is 4.78. The van der Waals surface area contributed by atoms with Crippen molar-refractivity contribution < 1.29 is 9.53 Å². The zero-order valence-corrected chi connectivity index (χ0v) is 15.5. The Bertz CT molecular complexity index is 727. The monoisotopic (exact) mass is 433 g/mol. The van der Waals surface area contributed by atoms with Crippen molar-refractivity contribution in [2.24, 2.45) is 5.92 Å². The standard InChI is InChI=1S/C20H20INO2/c21-19-8-4-5-9-20(19)22-17-10-16(11-18(23)12-17)14-24-13-15-6-2-1-3-7-15/h1-9,12,16,22H,10-11,13-14H2. The number of benzene rings is 2. The Morgan fingerprint density at radius 1 is 1.04 bits per heavy atom. The molecule has 0 heterocycles. The number of ketones is 1. The van der Waals surface area contributed by atoms with Crippen molar-refractivity contribution in [2.75, 3.05) is 11.9 Å². The summed E-state index contributed by atoms with van der Waals surface area (Å²) >= 11 is 2.30. The van der Waals surface area contributed by atoms with E-state index in [1.807, 2.05) is 36.4 Å². The number of nitrogens with one attached hydrogen (secondary N) is 1. The first-order valence-corrected chi connectivity index (χ1v) is 9.15. The molecule has 1 aliphatic carbocycles. The highest BCUT2D eigenvalue weighted by atomic mass is 127. The van der Waals surface area contributed by atoms with Crippen molar-refractivity contribution >= 4 is 34.1 Å². The highest BCUT2D eigenvalue weighted by Gasteiger charge is 2.21. The van der Waals surface area contributed by atoms with E-state index in [1.54, 1.807) is 6.08 Å². The van der Waals surface area contributed by atoms with Gasteiger partial charge >= 0.3 is 0 Å². The van der Waals surface area contributed by atoms with E-state index in [1.165, 1.54) is 0 Å². The van der Waals surface area contributed by atoms with E-state index in [2.05, 4.69) is 46.1 Å². The van der Waals surface area contributed by atoms with Gasteiger partial charge in [-0.15, -0.1) is 0 Å². The quantitative estimate of drug-likeness (QED) is 0.667. The zero-order chi connectivity index (χ0) is 16.8. The van der Waals surface area contributed by atoms with Crippen molar-refractivity contribution in [2.45, 2.75) is 19.4 Å². The molecule has 0 saturated carbocycles. The third-order valence-electron chi connectivity index (χ3n) is 3.97. The summed E-state index contributed by atoms with van der Waals surface area (Å²) in [6.07, 6.45) is 3.13. The van der Waals surface area contributed by atoms with Crippen LogP contribution >= 0.6 is 22.6 Å². The Kier molecular flexibility index (Phi) is 6.04. The molecule has 24 heavy (non-hydrogen) atoms. The lowest BCUT2D eigenvalue weighted by Crippen LogP contribution is -2.22. The van der Waals surface area contributed by atoms with Crippen LogP contribution in [0, 0.1) is 9.49 Å². The minimum Gasteiger partial charge on any atom is -0.376 e. The van der Waals surface area contributed by atoms with Crippen LogP contribution in [0.4, 0.5) is 5.69 Å². The van der Waals surface area contributed by atoms with Crippen LogP contribution in [-0.4, -0.2) is 12.4 Å². The Morgan fingerprint density at radius 3 is 2.58 bits per heavy atom. The third kappa shape index (κ3) is 4.92. The van der Waals surface area contributed by atoms with Gasteiger partial charge < -0.3 is 10.1 Å². The van der Waals surface area contributed by atoms with Gasteiger partial charge in [-0.25, -0.2) is 0 Å². The van der Waals surface area contributed by atoms with Gasteiger partial charge in [0.1, 0.15) is 0 Å². The molecule has 0 aliphatic heterocycles. The van der Waals surface area contributed by atoms with E-state index in [-0.39, 0.29) is 11.7 Å². The van der Waals surface area contributed by atoms with E-state index in [9.17, 15) is 4.79 Å². The zero-order valence-electron chi connectivity index (χ0n) is 13.4. The second kappa shape index (κ2) is 8.44. The van der Waals surface area contributed by atoms with Gasteiger partial charge in [-0.05, 0) is 52.6 Å². The lowest BCUT2D eigenvalue weighted by Gasteiger charge is -2.23. The number of carbonyl (C=O) groups excluding carboxylic acids is 1. The second-order valence-electron chi connectivity index (χ2n) is 6.02. The van der Waals surface area contributed by atoms with Gasteiger partial charge in [-0.2, -0.15) is 0 Å². The van der Waals surface area contributed by atoms with Gasteiger partial charge in [0, 0.05) is 21.8 Å². The molecular formula is C20H20INO2. The Labute approximate surface area is 156 Å². The van der Waals surface area contributed by atoms with E-state index in [4.69, 9.17) is 4.74 Å². The molecular weight excluding hydrogens is 413 g/mol. The molecule has 1 aliphatic rings. The average molecular weight is 433 g/mol. The number of ether oxygens (including phenoxy) is 1. The molecule has 3 rings (SSSR count). The summed E-state index contributed by atoms with van der Waals surface area (Å²) in [4.78, 5) is 12.0. The molecule has 2 aromatic rings. The minimum atomic E-state index is 0.169. The largest absolute Gasteiger partial charge is 0.376 e. The number of halogens is 1. The van der Waals surface area contributed by atoms with E-state index >= 15 is 0 Å². The van der Waals surface area contributed by atoms with Gasteiger partial charge in [-0.1, -0.05) is 42.5 Å². The van der Waals surface area contributed by atoms with Crippen molar-refractivity contribution in [1.82, 2.24) is 0 Å². The van der Waals surface area contributed by atoms with Crippen LogP contribution in [0.3, 0.4) is 0 Å². The summed E-state index contributed by atoms with van der Waals surface area (Å²) in [5, 5.41) is 3.39. The first kappa shape index (κ1) is 17.2. The molecule has 0 fully saturated rings. The normalized spacial score (nSPS) is 17.5. The summed E-state index contributed by atoms with van der Waals surface area (Å²) < 4.78 is 6.97. The number of rotatable bonds is 6. The Balaban J connectivity index is 1.55. The van der Waals surface area contributed by atoms with Crippen LogP contribution < -0.4 is 5.32 Å². The fourth-order valence-electron chi connectivity index (χ4n) is 2.84. The van der Waals surface area contributed by atoms with Gasteiger partial charge in [0.2, 0.25) is 0 Å². The maximum absolute atomic E-state index is 12.0. The smallest absolute Gasteiger partial charge is 0.157 e. The summed E-state index contributed by atoms with van der Waals surface area (Å²) in [6, 6.07) is 18.2. The molecule has 1 atom stereocenters. The first-order chi connectivity index (χ1) is 11.7. The van der Waals surface area contributed by atoms with Crippen LogP contribution in [0.2, 0.25) is 0 Å². The number of hydrogen-bond donors (Lipinski definition) is 1. The predicted molar refractivity (Wildman–Crippen MR) is 105 cm³/mol. The lowest BCUT2D eigenvalue weighted by molar-refractivity contribution is -0.116. The lowest BCUT2D eigenvalue weighted by atomic mass is 9.92. The fourth-order valence-corrected chi connectivity index (χ4v) is 3.36. The third-order valence-corrected chi connectivity index (χ3v) is 4.91. The van der Waals surface area contributed by atoms with Gasteiger partial charge in [0.25, 0.3) is 0 Å². The molecule has 0 aromatic heterocycles. The van der Waals surface area contributed by atoms with Crippen LogP contribution in [0.5, 0.6) is 0 Å². The van der Waals surface area contributed by atoms with Gasteiger partial charge in [0.05, 0.1) is 18.9 Å². The van der Waals surface area contributed by atoms with Crippen LogP contribution in [-0.2, 0) is 16.1 Å². The molecule has 2 aromatic carbocycles. The van der Waals surface area contributed by atoms with Crippen molar-refractivity contribution in [3.05, 3.63) is 75.5 Å². The van der Waals surface area contributed by atoms with Crippen molar-refractivity contribution in [3.8, 4) is 0 Å². The van der Waals surface area contributed by atoms with Gasteiger partial charge in [-0.3, -0.25) is 4.79 Å². The number of para-hydroxylation sites is 1. The first-order valence-electron chi connectivity index (χ1n) is 8.07. The number of carbonyl (C=O) groups is 1. The topological polar surface area (TPSA) is 38.3 Å². The molecule has 1 N–H and O–H groups in total. The van der Waals surface area contributed by atoms with E-state index in [0.29, 0.717) is 19.6 Å². The summed E-state index contributed by atoms with van der Waals surface area (Å²) in [5.41, 5.74) is 3.18. The summed E-state index contributed by atoms with van der Waals surface area (Å²) in [6.45, 7) is 1.19. The number of allylic oxidation sites excluding steroid dienone is 2. The molecule has 3 nitrogen and oxygen atoms in total. The number of hydrogen-bond acceptors (Lipinski definition) is 3. The second-order valence-corrected chi connectivity index (χ2v) is 7.18. The molecule has 0 spiro atoms. The van der Waals surface area contributed by atoms with Crippen molar-refractivity contribution in [3.63, 3.8) is 0 Å². The molecule has 124 valence electrons. The molecule has 0 saturated heterocycles. The average Bonchev–Trinajstić information content (AvgIpc) is 2.57. The highest BCUT2D eigenvalue weighted by Crippen LogP contribution is 2.26. The fraction of sp³-hybridized carbons (Fsp3) is 0.250. The maximum Gasteiger partial charge on any atom is 0.157 e. The number of anilines is 1. The van der Waals surface area contributed by atoms with Crippen LogP contribution in [0.15, 0.2) is 66.4 Å². The Hall–Kier alpha value is -1.66. The van der Waals surface area contributed by atoms with E-state index in [0.717, 1.165) is 26.9 Å². The van der Waals surface area contributed by atoms with Crippen LogP contribution in [0.25, 0.3) is 0 Å². The molecule has 0 amide bonds. The van der Waals surface area contributed by atoms with Crippen molar-refractivity contribution in [1.29, 1.82) is 0 Å². The highest BCUT2D eigenvalue weighted by molar-refractivity contribution is 14.1. The van der Waals surface area contributed by atoms with Gasteiger partial charge in [0.15, 0.2) is 5.78 Å². The Morgan fingerprint density at radius 2 is 1.79 bits per heavy atom. The summed E-state index contributed by atoms with van der Waals surface area (Å²) in [7, 11) is 0.